The Labute approximate surface area is 235 Å². The second-order valence-corrected chi connectivity index (χ2v) is 10.5. The van der Waals surface area contributed by atoms with E-state index in [1.54, 1.807) is 6.07 Å². The number of amides is 3. The lowest BCUT2D eigenvalue weighted by Crippen LogP contribution is -2.53. The van der Waals surface area contributed by atoms with E-state index in [4.69, 9.17) is 4.74 Å². The Balaban J connectivity index is 1.76. The summed E-state index contributed by atoms with van der Waals surface area (Å²) in [5, 5.41) is 7.85. The minimum absolute atomic E-state index is 0.00317. The van der Waals surface area contributed by atoms with Crippen LogP contribution in [-0.4, -0.2) is 48.7 Å². The van der Waals surface area contributed by atoms with E-state index < -0.39 is 71.2 Å². The summed E-state index contributed by atoms with van der Waals surface area (Å²) in [5.74, 6) is -11.5. The van der Waals surface area contributed by atoms with Crippen molar-refractivity contribution in [2.24, 2.45) is 11.8 Å². The number of halogens is 4. The summed E-state index contributed by atoms with van der Waals surface area (Å²) in [6, 6.07) is 4.93. The van der Waals surface area contributed by atoms with Crippen LogP contribution in [0.1, 0.15) is 44.2 Å². The molecule has 0 unspecified atom stereocenters. The molecule has 41 heavy (non-hydrogen) atoms. The van der Waals surface area contributed by atoms with Crippen molar-refractivity contribution in [3.05, 3.63) is 64.7 Å². The van der Waals surface area contributed by atoms with Crippen LogP contribution < -0.4 is 20.7 Å². The maximum absolute atomic E-state index is 14.0. The summed E-state index contributed by atoms with van der Waals surface area (Å²) in [6.45, 7) is 4.87. The number of Topliss-reactive ketones (excluding diaryl/α,β-unsaturated/α-hetero) is 1. The van der Waals surface area contributed by atoms with Crippen LogP contribution in [0.5, 0.6) is 5.75 Å². The Morgan fingerprint density at radius 3 is 2.29 bits per heavy atom. The van der Waals surface area contributed by atoms with Gasteiger partial charge in [0.25, 0.3) is 0 Å². The van der Waals surface area contributed by atoms with Gasteiger partial charge < -0.3 is 20.7 Å². The van der Waals surface area contributed by atoms with Gasteiger partial charge >= 0.3 is 0 Å². The fourth-order valence-electron chi connectivity index (χ4n) is 4.58. The number of nitrogens with one attached hydrogen (secondary N) is 3. The van der Waals surface area contributed by atoms with Gasteiger partial charge in [0.15, 0.2) is 23.2 Å². The van der Waals surface area contributed by atoms with E-state index in [9.17, 15) is 36.7 Å². The molecule has 1 aliphatic rings. The second kappa shape index (κ2) is 14.1. The highest BCUT2D eigenvalue weighted by molar-refractivity contribution is 5.94. The maximum Gasteiger partial charge on any atom is 0.243 e. The predicted octanol–water partition coefficient (Wildman–Crippen LogP) is 3.28. The van der Waals surface area contributed by atoms with Gasteiger partial charge in [-0.1, -0.05) is 43.7 Å². The van der Waals surface area contributed by atoms with Crippen molar-refractivity contribution in [1.82, 2.24) is 16.0 Å². The fourth-order valence-corrected chi connectivity index (χ4v) is 4.58. The quantitative estimate of drug-likeness (QED) is 0.249. The molecule has 2 aromatic carbocycles. The Morgan fingerprint density at radius 2 is 1.71 bits per heavy atom. The molecule has 2 aromatic rings. The molecule has 3 amide bonds. The number of ether oxygens (including phenoxy) is 1. The van der Waals surface area contributed by atoms with E-state index in [1.165, 1.54) is 0 Å². The number of aryl methyl sites for hydroxylation is 1. The van der Waals surface area contributed by atoms with Crippen LogP contribution in [-0.2, 0) is 25.6 Å². The average Bonchev–Trinajstić information content (AvgIpc) is 3.30. The molecule has 3 atom stereocenters. The third-order valence-electron chi connectivity index (χ3n) is 6.62. The van der Waals surface area contributed by atoms with Gasteiger partial charge in [0.05, 0.1) is 12.5 Å². The molecule has 8 nitrogen and oxygen atoms in total. The minimum atomic E-state index is -1.82. The molecule has 222 valence electrons. The number of carbonyl (C=O) groups is 4. The van der Waals surface area contributed by atoms with E-state index in [2.05, 4.69) is 16.0 Å². The van der Waals surface area contributed by atoms with Crippen molar-refractivity contribution in [2.45, 2.75) is 58.5 Å². The van der Waals surface area contributed by atoms with Gasteiger partial charge in [-0.2, -0.15) is 8.78 Å². The van der Waals surface area contributed by atoms with Crippen LogP contribution in [0.15, 0.2) is 30.3 Å². The molecule has 3 rings (SSSR count). The molecule has 0 aliphatic carbocycles. The Kier molecular flexibility index (Phi) is 10.8. The smallest absolute Gasteiger partial charge is 0.243 e. The summed E-state index contributed by atoms with van der Waals surface area (Å²) in [7, 11) is 0. The first-order chi connectivity index (χ1) is 19.3. The molecule has 1 fully saturated rings. The lowest BCUT2D eigenvalue weighted by Gasteiger charge is -2.25. The summed E-state index contributed by atoms with van der Waals surface area (Å²) in [5.41, 5.74) is 1.71. The third-order valence-corrected chi connectivity index (χ3v) is 6.62. The highest BCUT2D eigenvalue weighted by Gasteiger charge is 2.34. The van der Waals surface area contributed by atoms with Crippen LogP contribution >= 0.6 is 0 Å². The number of hydrogen-bond acceptors (Lipinski definition) is 5. The van der Waals surface area contributed by atoms with Crippen LogP contribution in [0.3, 0.4) is 0 Å². The third kappa shape index (κ3) is 8.76. The standard InChI is InChI=1S/C29H33F4N3O5/c1-15(2)9-22(35-24(38)11-17-6-4-5-16(3)10-17)29(40)36-21(12-18-7-8-34-28(18)39)23(37)14-41-27-25(32)19(30)13-20(31)26(27)33/h4-6,10,13,15,18,21-22H,7-9,11-12,14H2,1-3H3,(H,34,39)(H,35,38)(H,36,40)/t18-,21-,22-/m0/s1. The molecule has 0 spiro atoms. The van der Waals surface area contributed by atoms with Gasteiger partial charge in [0.1, 0.15) is 12.6 Å². The largest absolute Gasteiger partial charge is 0.479 e. The molecule has 1 aliphatic heterocycles. The SMILES string of the molecule is Cc1cccc(CC(=O)N[C@@H](CC(C)C)C(=O)N[C@@H](C[C@@H]2CCNC2=O)C(=O)COc2c(F)c(F)cc(F)c2F)c1. The number of ketones is 1. The first kappa shape index (κ1) is 31.6. The van der Waals surface area contributed by atoms with Gasteiger partial charge in [-0.25, -0.2) is 8.78 Å². The zero-order valence-corrected chi connectivity index (χ0v) is 23.0. The van der Waals surface area contributed by atoms with Crippen molar-refractivity contribution in [2.75, 3.05) is 13.2 Å². The summed E-state index contributed by atoms with van der Waals surface area (Å²) in [6.07, 6.45) is 0.462. The molecule has 12 heteroatoms. The van der Waals surface area contributed by atoms with E-state index in [0.29, 0.717) is 13.0 Å². The molecule has 0 radical (unpaired) electrons. The van der Waals surface area contributed by atoms with Gasteiger partial charge in [-0.05, 0) is 37.7 Å². The van der Waals surface area contributed by atoms with Crippen molar-refractivity contribution in [3.63, 3.8) is 0 Å². The van der Waals surface area contributed by atoms with Gasteiger partial charge in [-0.15, -0.1) is 0 Å². The lowest BCUT2D eigenvalue weighted by molar-refractivity contribution is -0.133. The fraction of sp³-hybridized carbons (Fsp3) is 0.448. The van der Waals surface area contributed by atoms with Crippen molar-refractivity contribution in [1.29, 1.82) is 0 Å². The van der Waals surface area contributed by atoms with E-state index in [1.807, 2.05) is 39.0 Å². The van der Waals surface area contributed by atoms with Gasteiger partial charge in [0.2, 0.25) is 29.4 Å². The molecule has 3 N–H and O–H groups in total. The average molecular weight is 580 g/mol. The first-order valence-corrected chi connectivity index (χ1v) is 13.3. The Morgan fingerprint density at radius 1 is 1.02 bits per heavy atom. The van der Waals surface area contributed by atoms with Crippen molar-refractivity contribution < 1.29 is 41.5 Å². The zero-order chi connectivity index (χ0) is 30.3. The van der Waals surface area contributed by atoms with E-state index in [-0.39, 0.29) is 37.2 Å². The molecule has 0 aromatic heterocycles. The maximum atomic E-state index is 14.0. The molecule has 0 saturated carbocycles. The second-order valence-electron chi connectivity index (χ2n) is 10.5. The summed E-state index contributed by atoms with van der Waals surface area (Å²) in [4.78, 5) is 51.4. The first-order valence-electron chi connectivity index (χ1n) is 13.3. The molecular formula is C29H33F4N3O5. The highest BCUT2D eigenvalue weighted by Crippen LogP contribution is 2.27. The normalized spacial score (nSPS) is 16.2. The summed E-state index contributed by atoms with van der Waals surface area (Å²) < 4.78 is 60.0. The number of carbonyl (C=O) groups excluding carboxylic acids is 4. The Hall–Kier alpha value is -3.96. The molecular weight excluding hydrogens is 546 g/mol. The van der Waals surface area contributed by atoms with Crippen LogP contribution in [0.25, 0.3) is 0 Å². The molecule has 0 bridgehead atoms. The molecule has 1 heterocycles. The topological polar surface area (TPSA) is 114 Å². The number of rotatable bonds is 13. The molecule has 1 saturated heterocycles. The van der Waals surface area contributed by atoms with E-state index >= 15 is 0 Å². The Bertz CT molecular complexity index is 1280. The predicted molar refractivity (Wildman–Crippen MR) is 141 cm³/mol. The van der Waals surface area contributed by atoms with Crippen molar-refractivity contribution in [3.8, 4) is 5.75 Å². The van der Waals surface area contributed by atoms with Crippen LogP contribution in [0.2, 0.25) is 0 Å². The monoisotopic (exact) mass is 579 g/mol. The van der Waals surface area contributed by atoms with E-state index in [0.717, 1.165) is 11.1 Å². The minimum Gasteiger partial charge on any atom is -0.479 e. The van der Waals surface area contributed by atoms with Crippen LogP contribution in [0, 0.1) is 42.0 Å². The summed E-state index contributed by atoms with van der Waals surface area (Å²) >= 11 is 0. The lowest BCUT2D eigenvalue weighted by atomic mass is 9.95. The van der Waals surface area contributed by atoms with Gasteiger partial charge in [0, 0.05) is 18.5 Å². The van der Waals surface area contributed by atoms with Crippen LogP contribution in [0.4, 0.5) is 17.6 Å². The zero-order valence-electron chi connectivity index (χ0n) is 23.0. The van der Waals surface area contributed by atoms with Gasteiger partial charge in [-0.3, -0.25) is 19.2 Å². The highest BCUT2D eigenvalue weighted by atomic mass is 19.2. The number of benzene rings is 2. The number of hydrogen-bond donors (Lipinski definition) is 3. The van der Waals surface area contributed by atoms with Crippen molar-refractivity contribution >= 4 is 23.5 Å².